The third kappa shape index (κ3) is 3.00. The topological polar surface area (TPSA) is 55.2 Å². The van der Waals surface area contributed by atoms with Gasteiger partial charge in [-0.05, 0) is 18.1 Å². The number of carbonyl (C=O) groups is 1. The minimum absolute atomic E-state index is 0.000757. The summed E-state index contributed by atoms with van der Waals surface area (Å²) >= 11 is 2.95. The van der Waals surface area contributed by atoms with E-state index in [9.17, 15) is 9.59 Å². The molecule has 0 saturated heterocycles. The number of hydrogen-bond acceptors (Lipinski definition) is 5. The van der Waals surface area contributed by atoms with Crippen LogP contribution in [0.5, 0.6) is 0 Å². The minimum atomic E-state index is 0.000757. The number of nitrogens with zero attached hydrogens (tertiary/aromatic N) is 3. The maximum Gasteiger partial charge on any atom is 0.267 e. The van der Waals surface area contributed by atoms with Crippen LogP contribution in [0.1, 0.15) is 18.2 Å². The van der Waals surface area contributed by atoms with Crippen LogP contribution in [-0.2, 0) is 24.7 Å². The molecule has 2 aromatic rings. The van der Waals surface area contributed by atoms with Crippen LogP contribution in [0.15, 0.2) is 39.1 Å². The van der Waals surface area contributed by atoms with E-state index in [1.54, 1.807) is 23.4 Å². The smallest absolute Gasteiger partial charge is 0.267 e. The average Bonchev–Trinajstić information content (AvgIpc) is 3.19. The Balaban J connectivity index is 1.51. The molecule has 7 heteroatoms. The number of thioether (sulfide) groups is 2. The van der Waals surface area contributed by atoms with Crippen molar-refractivity contribution in [3.8, 4) is 0 Å². The summed E-state index contributed by atoms with van der Waals surface area (Å²) in [5, 5.41) is 1.01. The number of anilines is 1. The average molecular weight is 374 g/mol. The fraction of sp³-hybridized carbons (Fsp3) is 0.389. The summed E-state index contributed by atoms with van der Waals surface area (Å²) in [5.74, 6) is 0.350. The first-order valence-electron chi connectivity index (χ1n) is 8.32. The monoisotopic (exact) mass is 373 g/mol. The Bertz CT molecular complexity index is 910. The molecule has 0 unspecified atom stereocenters. The highest BCUT2D eigenvalue weighted by Gasteiger charge is 2.27. The van der Waals surface area contributed by atoms with E-state index in [4.69, 9.17) is 0 Å². The molecule has 0 aliphatic carbocycles. The number of rotatable bonds is 3. The van der Waals surface area contributed by atoms with Gasteiger partial charge in [0.05, 0.1) is 16.3 Å². The maximum absolute atomic E-state index is 12.6. The molecule has 2 aliphatic rings. The minimum Gasteiger partial charge on any atom is -0.311 e. The summed E-state index contributed by atoms with van der Waals surface area (Å²) in [7, 11) is 1.73. The van der Waals surface area contributed by atoms with Crippen LogP contribution in [0.25, 0.3) is 0 Å². The number of carbonyl (C=O) groups excluding carboxylic acids is 1. The van der Waals surface area contributed by atoms with E-state index in [1.807, 2.05) is 23.1 Å². The van der Waals surface area contributed by atoms with Crippen molar-refractivity contribution in [3.05, 3.63) is 45.9 Å². The van der Waals surface area contributed by atoms with Gasteiger partial charge in [0, 0.05) is 31.0 Å². The highest BCUT2D eigenvalue weighted by molar-refractivity contribution is 8.00. The largest absolute Gasteiger partial charge is 0.311 e. The summed E-state index contributed by atoms with van der Waals surface area (Å²) in [6.07, 6.45) is 1.72. The molecule has 4 rings (SSSR count). The van der Waals surface area contributed by atoms with Gasteiger partial charge in [-0.1, -0.05) is 36.9 Å². The van der Waals surface area contributed by atoms with E-state index in [2.05, 4.69) is 18.0 Å². The van der Waals surface area contributed by atoms with E-state index >= 15 is 0 Å². The molecular weight excluding hydrogens is 354 g/mol. The Morgan fingerprint density at radius 3 is 3.04 bits per heavy atom. The molecule has 0 bridgehead atoms. The van der Waals surface area contributed by atoms with Gasteiger partial charge < -0.3 is 4.90 Å². The summed E-state index contributed by atoms with van der Waals surface area (Å²) in [6, 6.07) is 8.03. The van der Waals surface area contributed by atoms with Gasteiger partial charge in [-0.25, -0.2) is 4.98 Å². The lowest BCUT2D eigenvalue weighted by Gasteiger charge is -2.17. The molecular formula is C18H19N3O2S2. The first-order valence-corrected chi connectivity index (χ1v) is 10.2. The lowest BCUT2D eigenvalue weighted by atomic mass is 10.2. The summed E-state index contributed by atoms with van der Waals surface area (Å²) in [4.78, 5) is 32.4. The van der Waals surface area contributed by atoms with Crippen molar-refractivity contribution in [1.29, 1.82) is 0 Å². The highest BCUT2D eigenvalue weighted by Crippen LogP contribution is 2.34. The lowest BCUT2D eigenvalue weighted by Crippen LogP contribution is -2.31. The number of hydrogen-bond donors (Lipinski definition) is 0. The van der Waals surface area contributed by atoms with Crippen molar-refractivity contribution in [2.45, 2.75) is 35.1 Å². The van der Waals surface area contributed by atoms with Crippen LogP contribution < -0.4 is 10.5 Å². The number of aromatic nitrogens is 2. The Labute approximate surface area is 154 Å². The van der Waals surface area contributed by atoms with Crippen molar-refractivity contribution in [1.82, 2.24) is 9.55 Å². The second kappa shape index (κ2) is 6.53. The van der Waals surface area contributed by atoms with Gasteiger partial charge in [-0.2, -0.15) is 0 Å². The molecule has 2 aliphatic heterocycles. The molecule has 1 amide bonds. The zero-order valence-electron chi connectivity index (χ0n) is 14.2. The Kier molecular flexibility index (Phi) is 4.37. The molecule has 5 nitrogen and oxygen atoms in total. The molecule has 0 saturated carbocycles. The summed E-state index contributed by atoms with van der Waals surface area (Å²) in [5.41, 5.74) is 3.10. The van der Waals surface area contributed by atoms with Crippen molar-refractivity contribution >= 4 is 35.1 Å². The predicted octanol–water partition coefficient (Wildman–Crippen LogP) is 2.50. The van der Waals surface area contributed by atoms with Crippen LogP contribution in [0, 0.1) is 0 Å². The molecule has 1 aromatic heterocycles. The Morgan fingerprint density at radius 1 is 1.40 bits per heavy atom. The highest BCUT2D eigenvalue weighted by atomic mass is 32.2. The maximum atomic E-state index is 12.6. The van der Waals surface area contributed by atoms with Gasteiger partial charge in [0.1, 0.15) is 0 Å². The first kappa shape index (κ1) is 16.7. The van der Waals surface area contributed by atoms with Crippen molar-refractivity contribution < 1.29 is 4.79 Å². The van der Waals surface area contributed by atoms with E-state index in [0.717, 1.165) is 35.7 Å². The van der Waals surface area contributed by atoms with Gasteiger partial charge in [0.2, 0.25) is 5.91 Å². The van der Waals surface area contributed by atoms with E-state index in [0.29, 0.717) is 10.4 Å². The summed E-state index contributed by atoms with van der Waals surface area (Å²) in [6.45, 7) is 2.83. The standard InChI is InChI=1S/C18H19N3O2S2/c1-11-9-13-16(25-11)17(23)20(2)18(19-13)24-10-15(22)21-8-7-12-5-3-4-6-14(12)21/h3-6,11H,7-10H2,1-2H3/t11-/m1/s1. The third-order valence-electron chi connectivity index (χ3n) is 4.59. The van der Waals surface area contributed by atoms with Crippen molar-refractivity contribution in [3.63, 3.8) is 0 Å². The van der Waals surface area contributed by atoms with Crippen LogP contribution in [-0.4, -0.2) is 33.0 Å². The van der Waals surface area contributed by atoms with E-state index in [-0.39, 0.29) is 17.2 Å². The molecule has 25 heavy (non-hydrogen) atoms. The van der Waals surface area contributed by atoms with Gasteiger partial charge in [0.25, 0.3) is 5.56 Å². The van der Waals surface area contributed by atoms with Crippen LogP contribution >= 0.6 is 23.5 Å². The molecule has 3 heterocycles. The van der Waals surface area contributed by atoms with E-state index in [1.165, 1.54) is 17.3 Å². The van der Waals surface area contributed by atoms with E-state index < -0.39 is 0 Å². The number of fused-ring (bicyclic) bond motifs is 2. The fourth-order valence-corrected chi connectivity index (χ4v) is 5.31. The molecule has 0 fully saturated rings. The second-order valence-corrected chi connectivity index (χ2v) is 8.77. The van der Waals surface area contributed by atoms with Gasteiger partial charge in [-0.15, -0.1) is 11.8 Å². The molecule has 130 valence electrons. The summed E-state index contributed by atoms with van der Waals surface area (Å²) < 4.78 is 1.57. The van der Waals surface area contributed by atoms with Gasteiger partial charge in [-0.3, -0.25) is 14.2 Å². The predicted molar refractivity (Wildman–Crippen MR) is 102 cm³/mol. The Morgan fingerprint density at radius 2 is 2.20 bits per heavy atom. The molecule has 0 radical (unpaired) electrons. The Hall–Kier alpha value is -1.73. The SMILES string of the molecule is C[C@@H]1Cc2nc(SCC(=O)N3CCc4ccccc43)n(C)c(=O)c2S1. The van der Waals surface area contributed by atoms with Crippen LogP contribution in [0.3, 0.4) is 0 Å². The number of benzene rings is 1. The fourth-order valence-electron chi connectivity index (χ4n) is 3.31. The van der Waals surface area contributed by atoms with Crippen molar-refractivity contribution in [2.24, 2.45) is 7.05 Å². The quantitative estimate of drug-likeness (QED) is 0.611. The van der Waals surface area contributed by atoms with Crippen LogP contribution in [0.2, 0.25) is 0 Å². The molecule has 0 spiro atoms. The van der Waals surface area contributed by atoms with Crippen molar-refractivity contribution in [2.75, 3.05) is 17.2 Å². The molecule has 1 aromatic carbocycles. The van der Waals surface area contributed by atoms with Crippen LogP contribution in [0.4, 0.5) is 5.69 Å². The number of para-hydroxylation sites is 1. The normalized spacial score (nSPS) is 18.3. The number of amides is 1. The zero-order valence-corrected chi connectivity index (χ0v) is 15.8. The second-order valence-electron chi connectivity index (χ2n) is 6.38. The third-order valence-corrected chi connectivity index (χ3v) is 6.82. The first-order chi connectivity index (χ1) is 12.0. The zero-order chi connectivity index (χ0) is 17.6. The van der Waals surface area contributed by atoms with Gasteiger partial charge in [0.15, 0.2) is 5.16 Å². The lowest BCUT2D eigenvalue weighted by molar-refractivity contribution is -0.116. The van der Waals surface area contributed by atoms with Gasteiger partial charge >= 0.3 is 0 Å². The molecule has 1 atom stereocenters. The molecule has 0 N–H and O–H groups in total.